The Bertz CT molecular complexity index is 1160. The van der Waals surface area contributed by atoms with Gasteiger partial charge in [0.2, 0.25) is 0 Å². The van der Waals surface area contributed by atoms with Crippen LogP contribution in [-0.4, -0.2) is 31.1 Å². The minimum absolute atomic E-state index is 0.178. The van der Waals surface area contributed by atoms with Crippen LogP contribution >= 0.6 is 0 Å². The molecule has 1 heterocycles. The van der Waals surface area contributed by atoms with E-state index in [0.29, 0.717) is 47.5 Å². The highest BCUT2D eigenvalue weighted by atomic mass is 28.3. The van der Waals surface area contributed by atoms with Gasteiger partial charge in [-0.25, -0.2) is 0 Å². The van der Waals surface area contributed by atoms with E-state index in [4.69, 9.17) is 0 Å². The Morgan fingerprint density at radius 2 is 1.31 bits per heavy atom. The highest BCUT2D eigenvalue weighted by Crippen LogP contribution is 2.59. The lowest BCUT2D eigenvalue weighted by Crippen LogP contribution is -2.59. The van der Waals surface area contributed by atoms with Gasteiger partial charge in [-0.1, -0.05) is 125 Å². The lowest BCUT2D eigenvalue weighted by atomic mass is 9.83. The molecule has 0 bridgehead atoms. The molecule has 4 aliphatic carbocycles. The van der Waals surface area contributed by atoms with E-state index >= 15 is 0 Å². The summed E-state index contributed by atoms with van der Waals surface area (Å²) in [7, 11) is -1.87. The van der Waals surface area contributed by atoms with Crippen molar-refractivity contribution in [1.82, 2.24) is 9.88 Å². The van der Waals surface area contributed by atoms with Crippen LogP contribution in [0.1, 0.15) is 38.8 Å². The number of rotatable bonds is 3. The van der Waals surface area contributed by atoms with Crippen molar-refractivity contribution in [2.45, 2.75) is 70.0 Å². The molecule has 1 saturated carbocycles. The maximum atomic E-state index is 4.05. The third kappa shape index (κ3) is 3.74. The fourth-order valence-electron chi connectivity index (χ4n) is 8.18. The minimum atomic E-state index is -1.87. The number of allylic oxidation sites excluding steroid dienone is 10. The molecule has 7 atom stereocenters. The van der Waals surface area contributed by atoms with Crippen molar-refractivity contribution in [1.29, 1.82) is 0 Å². The average Bonchev–Trinajstić information content (AvgIpc) is 3.38. The molecule has 1 N–H and O–H groups in total. The van der Waals surface area contributed by atoms with Gasteiger partial charge in [-0.15, -0.1) is 0 Å². The number of benzene rings is 1. The van der Waals surface area contributed by atoms with Crippen LogP contribution in [0.25, 0.3) is 5.57 Å². The van der Waals surface area contributed by atoms with E-state index in [-0.39, 0.29) is 5.41 Å². The van der Waals surface area contributed by atoms with Gasteiger partial charge in [0.1, 0.15) is 8.24 Å². The standard InChI is InChI=1S/C33H42N2Si/c1-22-34-31-25(23-18-20-24(21-19-23)33(2,3)4)16-11-17-30(31)35(22)36(5,6)32-28-14-9-7-12-26(28)27-13-8-10-15-29(27)32/h7-22,26-32,34H,1-6H3/t22-,26?,27?,28?,29?,30+,31?,32?/m0/s1. The molecule has 0 radical (unpaired) electrons. The van der Waals surface area contributed by atoms with Crippen molar-refractivity contribution < 1.29 is 0 Å². The number of nitrogens with zero attached hydrogens (tertiary/aromatic N) is 1. The Morgan fingerprint density at radius 3 is 1.86 bits per heavy atom. The van der Waals surface area contributed by atoms with Crippen LogP contribution in [0.4, 0.5) is 0 Å². The summed E-state index contributed by atoms with van der Waals surface area (Å²) >= 11 is 0. The number of hydrogen-bond acceptors (Lipinski definition) is 2. The molecule has 0 aromatic heterocycles. The third-order valence-electron chi connectivity index (χ3n) is 9.70. The van der Waals surface area contributed by atoms with Gasteiger partial charge in [0.15, 0.2) is 0 Å². The summed E-state index contributed by atoms with van der Waals surface area (Å²) in [6.07, 6.45) is 26.7. The SMILES string of the molecule is C[C@H]1NC2C(c3ccc(C(C)(C)C)cc3)=CC=C[C@H]2N1[Si](C)(C)C1C2C=CC=CC2C2C=CC=CC21. The molecule has 188 valence electrons. The summed E-state index contributed by atoms with van der Waals surface area (Å²) in [6, 6.07) is 10.1. The van der Waals surface area contributed by atoms with Crippen LogP contribution in [0.2, 0.25) is 18.6 Å². The predicted molar refractivity (Wildman–Crippen MR) is 156 cm³/mol. The summed E-state index contributed by atoms with van der Waals surface area (Å²) in [5.74, 6) is 2.55. The van der Waals surface area contributed by atoms with Crippen molar-refractivity contribution in [3.8, 4) is 0 Å². The Morgan fingerprint density at radius 1 is 0.750 bits per heavy atom. The van der Waals surface area contributed by atoms with E-state index in [2.05, 4.69) is 142 Å². The second-order valence-corrected chi connectivity index (χ2v) is 17.6. The fraction of sp³-hybridized carbons (Fsp3) is 0.455. The summed E-state index contributed by atoms with van der Waals surface area (Å²) in [5, 5.41) is 4.05. The first-order chi connectivity index (χ1) is 17.2. The van der Waals surface area contributed by atoms with Crippen molar-refractivity contribution in [3.05, 3.63) is 102 Å². The molecule has 2 fully saturated rings. The van der Waals surface area contributed by atoms with Crippen molar-refractivity contribution in [3.63, 3.8) is 0 Å². The smallest absolute Gasteiger partial charge is 0.129 e. The van der Waals surface area contributed by atoms with Gasteiger partial charge in [0, 0.05) is 6.04 Å². The van der Waals surface area contributed by atoms with Gasteiger partial charge in [0.05, 0.1) is 12.2 Å². The van der Waals surface area contributed by atoms with Gasteiger partial charge in [-0.2, -0.15) is 0 Å². The van der Waals surface area contributed by atoms with Crippen LogP contribution in [0.15, 0.2) is 91.1 Å². The number of hydrogen-bond donors (Lipinski definition) is 1. The summed E-state index contributed by atoms with van der Waals surface area (Å²) < 4.78 is 2.94. The Balaban J connectivity index is 1.32. The van der Waals surface area contributed by atoms with E-state index in [0.717, 1.165) is 0 Å². The first kappa shape index (κ1) is 24.2. The molecule has 1 aromatic rings. The third-order valence-corrected chi connectivity index (χ3v) is 14.1. The molecule has 1 saturated heterocycles. The molecule has 0 spiro atoms. The van der Waals surface area contributed by atoms with Gasteiger partial charge in [-0.05, 0) is 58.3 Å². The van der Waals surface area contributed by atoms with Crippen molar-refractivity contribution in [2.75, 3.05) is 0 Å². The second kappa shape index (κ2) is 8.68. The maximum absolute atomic E-state index is 4.05. The number of nitrogens with one attached hydrogen (secondary N) is 1. The molecular formula is C33H42N2Si. The highest BCUT2D eigenvalue weighted by Gasteiger charge is 2.59. The highest BCUT2D eigenvalue weighted by molar-refractivity contribution is 6.76. The maximum Gasteiger partial charge on any atom is 0.129 e. The van der Waals surface area contributed by atoms with E-state index in [9.17, 15) is 0 Å². The monoisotopic (exact) mass is 494 g/mol. The zero-order valence-electron chi connectivity index (χ0n) is 22.7. The molecule has 3 heteroatoms. The largest absolute Gasteiger partial charge is 0.301 e. The van der Waals surface area contributed by atoms with E-state index in [1.165, 1.54) is 16.7 Å². The van der Waals surface area contributed by atoms with Gasteiger partial charge >= 0.3 is 0 Å². The van der Waals surface area contributed by atoms with Crippen LogP contribution in [0, 0.1) is 23.7 Å². The first-order valence-corrected chi connectivity index (χ1v) is 16.9. The number of fused-ring (bicyclic) bond motifs is 4. The first-order valence-electron chi connectivity index (χ1n) is 13.9. The lowest BCUT2D eigenvalue weighted by Gasteiger charge is -2.48. The molecule has 5 aliphatic rings. The Kier molecular flexibility index (Phi) is 5.83. The van der Waals surface area contributed by atoms with Crippen molar-refractivity contribution in [2.24, 2.45) is 23.7 Å². The molecular weight excluding hydrogens is 452 g/mol. The zero-order chi connectivity index (χ0) is 25.2. The summed E-state index contributed by atoms with van der Waals surface area (Å²) in [6.45, 7) is 14.6. The van der Waals surface area contributed by atoms with Crippen LogP contribution in [0.3, 0.4) is 0 Å². The second-order valence-electron chi connectivity index (χ2n) is 13.1. The topological polar surface area (TPSA) is 15.3 Å². The van der Waals surface area contributed by atoms with Gasteiger partial charge in [0.25, 0.3) is 0 Å². The Hall–Kier alpha value is -2.20. The van der Waals surface area contributed by atoms with Crippen LogP contribution < -0.4 is 5.32 Å². The van der Waals surface area contributed by atoms with E-state index in [1.807, 2.05) is 0 Å². The Labute approximate surface area is 219 Å². The fourth-order valence-corrected chi connectivity index (χ4v) is 13.1. The summed E-state index contributed by atoms with van der Waals surface area (Å²) in [5.41, 5.74) is 5.06. The lowest BCUT2D eigenvalue weighted by molar-refractivity contribution is 0.338. The van der Waals surface area contributed by atoms with Crippen LogP contribution in [-0.2, 0) is 5.41 Å². The van der Waals surface area contributed by atoms with Crippen molar-refractivity contribution >= 4 is 13.8 Å². The molecule has 1 aromatic carbocycles. The predicted octanol–water partition coefficient (Wildman–Crippen LogP) is 7.23. The van der Waals surface area contributed by atoms with E-state index < -0.39 is 8.24 Å². The molecule has 5 unspecified atom stereocenters. The molecule has 6 rings (SSSR count). The van der Waals surface area contributed by atoms with Gasteiger partial charge < -0.3 is 4.57 Å². The normalized spacial score (nSPS) is 37.1. The van der Waals surface area contributed by atoms with Crippen LogP contribution in [0.5, 0.6) is 0 Å². The molecule has 1 aliphatic heterocycles. The van der Waals surface area contributed by atoms with E-state index in [1.54, 1.807) is 0 Å². The van der Waals surface area contributed by atoms with Gasteiger partial charge in [-0.3, -0.25) is 5.32 Å². The quantitative estimate of drug-likeness (QED) is 0.446. The zero-order valence-corrected chi connectivity index (χ0v) is 23.7. The minimum Gasteiger partial charge on any atom is -0.301 e. The molecule has 0 amide bonds. The average molecular weight is 495 g/mol. The molecule has 36 heavy (non-hydrogen) atoms. The molecule has 2 nitrogen and oxygen atoms in total. The summed E-state index contributed by atoms with van der Waals surface area (Å²) in [4.78, 5) is 0.